The van der Waals surface area contributed by atoms with Gasteiger partial charge in [0.1, 0.15) is 6.10 Å². The van der Waals surface area contributed by atoms with Gasteiger partial charge in [-0.2, -0.15) is 0 Å². The van der Waals surface area contributed by atoms with Crippen molar-refractivity contribution in [3.63, 3.8) is 0 Å². The first-order valence-electron chi connectivity index (χ1n) is 6.78. The molecule has 1 aromatic heterocycles. The fourth-order valence-corrected chi connectivity index (χ4v) is 3.50. The molecule has 4 heteroatoms. The fraction of sp³-hybridized carbons (Fsp3) is 0.375. The van der Waals surface area contributed by atoms with E-state index in [0.29, 0.717) is 6.61 Å². The highest BCUT2D eigenvalue weighted by Gasteiger charge is 2.20. The highest BCUT2D eigenvalue weighted by Crippen LogP contribution is 2.29. The Bertz CT molecular complexity index is 555. The molecule has 0 aliphatic rings. The van der Waals surface area contributed by atoms with Crippen LogP contribution >= 0.6 is 27.3 Å². The molecule has 2 atom stereocenters. The van der Waals surface area contributed by atoms with Crippen molar-refractivity contribution in [3.05, 3.63) is 56.2 Å². The quantitative estimate of drug-likeness (QED) is 0.808. The molecule has 2 rings (SSSR count). The molecule has 0 fully saturated rings. The maximum absolute atomic E-state index is 6.22. The minimum Gasteiger partial charge on any atom is -0.366 e. The summed E-state index contributed by atoms with van der Waals surface area (Å²) in [4.78, 5) is 2.51. The number of hydrogen-bond acceptors (Lipinski definition) is 3. The first kappa shape index (κ1) is 15.7. The van der Waals surface area contributed by atoms with E-state index in [4.69, 9.17) is 10.5 Å². The van der Waals surface area contributed by atoms with Crippen LogP contribution in [0.2, 0.25) is 0 Å². The summed E-state index contributed by atoms with van der Waals surface area (Å²) in [5.41, 5.74) is 7.38. The molecule has 0 saturated heterocycles. The van der Waals surface area contributed by atoms with E-state index in [1.807, 2.05) is 12.1 Å². The third-order valence-corrected chi connectivity index (χ3v) is 4.78. The van der Waals surface area contributed by atoms with Gasteiger partial charge in [0, 0.05) is 20.3 Å². The standard InChI is InChI=1S/C16H20BrNOS/c1-3-14(18)16(15-8-7-11(2)20-15)19-10-12-5-4-6-13(17)9-12/h4-9,14,16H,3,10,18H2,1-2H3. The molecule has 0 spiro atoms. The van der Waals surface area contributed by atoms with E-state index in [1.165, 1.54) is 9.75 Å². The maximum Gasteiger partial charge on any atom is 0.107 e. The van der Waals surface area contributed by atoms with Crippen LogP contribution in [0.15, 0.2) is 40.9 Å². The van der Waals surface area contributed by atoms with Crippen molar-refractivity contribution in [3.8, 4) is 0 Å². The molecule has 2 aromatic rings. The van der Waals surface area contributed by atoms with Gasteiger partial charge in [-0.15, -0.1) is 11.3 Å². The van der Waals surface area contributed by atoms with Crippen molar-refractivity contribution >= 4 is 27.3 Å². The highest BCUT2D eigenvalue weighted by atomic mass is 79.9. The highest BCUT2D eigenvalue weighted by molar-refractivity contribution is 9.10. The summed E-state index contributed by atoms with van der Waals surface area (Å²) in [5.74, 6) is 0. The Hall–Kier alpha value is -0.680. The topological polar surface area (TPSA) is 35.2 Å². The lowest BCUT2D eigenvalue weighted by Gasteiger charge is -2.22. The number of rotatable bonds is 6. The van der Waals surface area contributed by atoms with E-state index < -0.39 is 0 Å². The van der Waals surface area contributed by atoms with Gasteiger partial charge in [0.15, 0.2) is 0 Å². The van der Waals surface area contributed by atoms with Gasteiger partial charge in [-0.25, -0.2) is 0 Å². The van der Waals surface area contributed by atoms with Crippen molar-refractivity contribution in [2.24, 2.45) is 5.73 Å². The van der Waals surface area contributed by atoms with Crippen LogP contribution in [0, 0.1) is 6.92 Å². The number of hydrogen-bond donors (Lipinski definition) is 1. The lowest BCUT2D eigenvalue weighted by Crippen LogP contribution is -2.29. The predicted molar refractivity (Wildman–Crippen MR) is 89.0 cm³/mol. The van der Waals surface area contributed by atoms with Crippen LogP contribution in [0.1, 0.15) is 34.8 Å². The Morgan fingerprint density at radius 2 is 2.10 bits per heavy atom. The lowest BCUT2D eigenvalue weighted by molar-refractivity contribution is 0.0236. The third-order valence-electron chi connectivity index (χ3n) is 3.22. The minimum atomic E-state index is -0.0299. The molecule has 20 heavy (non-hydrogen) atoms. The van der Waals surface area contributed by atoms with Crippen molar-refractivity contribution in [2.75, 3.05) is 0 Å². The van der Waals surface area contributed by atoms with Gasteiger partial charge in [0.2, 0.25) is 0 Å². The summed E-state index contributed by atoms with van der Waals surface area (Å²) in [7, 11) is 0. The minimum absolute atomic E-state index is 0.0280. The normalized spacial score (nSPS) is 14.2. The third kappa shape index (κ3) is 4.16. The van der Waals surface area contributed by atoms with Crippen LogP contribution in [0.5, 0.6) is 0 Å². The second-order valence-electron chi connectivity index (χ2n) is 4.88. The van der Waals surface area contributed by atoms with Gasteiger partial charge >= 0.3 is 0 Å². The van der Waals surface area contributed by atoms with E-state index in [2.05, 4.69) is 54.0 Å². The largest absolute Gasteiger partial charge is 0.366 e. The lowest BCUT2D eigenvalue weighted by atomic mass is 10.1. The number of benzene rings is 1. The average Bonchev–Trinajstić information content (AvgIpc) is 2.85. The molecule has 2 N–H and O–H groups in total. The van der Waals surface area contributed by atoms with Crippen molar-refractivity contribution in [2.45, 2.75) is 39.0 Å². The smallest absolute Gasteiger partial charge is 0.107 e. The molecule has 1 heterocycles. The molecule has 0 radical (unpaired) electrons. The van der Waals surface area contributed by atoms with Gasteiger partial charge in [0.25, 0.3) is 0 Å². The van der Waals surface area contributed by atoms with Crippen LogP contribution in [-0.2, 0) is 11.3 Å². The number of aryl methyl sites for hydroxylation is 1. The van der Waals surface area contributed by atoms with Crippen LogP contribution in [-0.4, -0.2) is 6.04 Å². The number of ether oxygens (including phenoxy) is 1. The molecular formula is C16H20BrNOS. The molecule has 1 aromatic carbocycles. The molecule has 0 saturated carbocycles. The SMILES string of the molecule is CCC(N)C(OCc1cccc(Br)c1)c1ccc(C)s1. The van der Waals surface area contributed by atoms with Gasteiger partial charge < -0.3 is 10.5 Å². The van der Waals surface area contributed by atoms with Gasteiger partial charge in [-0.05, 0) is 43.2 Å². The zero-order valence-electron chi connectivity index (χ0n) is 11.8. The van der Waals surface area contributed by atoms with Crippen LogP contribution in [0.3, 0.4) is 0 Å². The summed E-state index contributed by atoms with van der Waals surface area (Å²) < 4.78 is 7.17. The van der Waals surface area contributed by atoms with Crippen molar-refractivity contribution in [1.82, 2.24) is 0 Å². The molecule has 2 nitrogen and oxygen atoms in total. The van der Waals surface area contributed by atoms with E-state index in [1.54, 1.807) is 11.3 Å². The van der Waals surface area contributed by atoms with Gasteiger partial charge in [-0.1, -0.05) is 35.0 Å². The Labute approximate surface area is 133 Å². The zero-order chi connectivity index (χ0) is 14.5. The number of nitrogens with two attached hydrogens (primary N) is 1. The molecule has 0 aliphatic carbocycles. The molecule has 2 unspecified atom stereocenters. The van der Waals surface area contributed by atoms with E-state index in [-0.39, 0.29) is 12.1 Å². The Balaban J connectivity index is 2.08. The Morgan fingerprint density at radius 1 is 1.30 bits per heavy atom. The predicted octanol–water partition coefficient (Wildman–Crippen LogP) is 4.81. The summed E-state index contributed by atoms with van der Waals surface area (Å²) in [6.07, 6.45) is 0.873. The maximum atomic E-state index is 6.22. The molecule has 0 aliphatic heterocycles. The second-order valence-corrected chi connectivity index (χ2v) is 7.12. The molecule has 0 bridgehead atoms. The van der Waals surface area contributed by atoms with Crippen molar-refractivity contribution in [1.29, 1.82) is 0 Å². The van der Waals surface area contributed by atoms with E-state index >= 15 is 0 Å². The first-order chi connectivity index (χ1) is 9.60. The van der Waals surface area contributed by atoms with Crippen molar-refractivity contribution < 1.29 is 4.74 Å². The Morgan fingerprint density at radius 3 is 2.70 bits per heavy atom. The molecule has 0 amide bonds. The monoisotopic (exact) mass is 353 g/mol. The molecule has 108 valence electrons. The molecular weight excluding hydrogens is 334 g/mol. The fourth-order valence-electron chi connectivity index (χ4n) is 2.05. The average molecular weight is 354 g/mol. The first-order valence-corrected chi connectivity index (χ1v) is 8.39. The van der Waals surface area contributed by atoms with Crippen LogP contribution in [0.4, 0.5) is 0 Å². The summed E-state index contributed by atoms with van der Waals surface area (Å²) in [5, 5.41) is 0. The number of halogens is 1. The van der Waals surface area contributed by atoms with Gasteiger partial charge in [0.05, 0.1) is 6.61 Å². The van der Waals surface area contributed by atoms with E-state index in [0.717, 1.165) is 16.5 Å². The van der Waals surface area contributed by atoms with Crippen LogP contribution < -0.4 is 5.73 Å². The zero-order valence-corrected chi connectivity index (χ0v) is 14.2. The van der Waals surface area contributed by atoms with Gasteiger partial charge in [-0.3, -0.25) is 0 Å². The summed E-state index contributed by atoms with van der Waals surface area (Å²) in [6.45, 7) is 4.78. The second kappa shape index (κ2) is 7.36. The van der Waals surface area contributed by atoms with Crippen LogP contribution in [0.25, 0.3) is 0 Å². The summed E-state index contributed by atoms with van der Waals surface area (Å²) in [6, 6.07) is 12.5. The van der Waals surface area contributed by atoms with E-state index in [9.17, 15) is 0 Å². The summed E-state index contributed by atoms with van der Waals surface area (Å²) >= 11 is 5.25. The number of thiophene rings is 1. The Kier molecular flexibility index (Phi) is 5.78.